The molecule has 2 aliphatic rings. The second-order valence-electron chi connectivity index (χ2n) is 5.71. The van der Waals surface area contributed by atoms with Crippen LogP contribution in [-0.4, -0.2) is 24.7 Å². The summed E-state index contributed by atoms with van der Waals surface area (Å²) in [5, 5.41) is 6.62. The van der Waals surface area contributed by atoms with E-state index in [4.69, 9.17) is 0 Å². The van der Waals surface area contributed by atoms with Crippen LogP contribution in [0, 0.1) is 5.92 Å². The van der Waals surface area contributed by atoms with Gasteiger partial charge in [-0.15, -0.1) is 11.8 Å². The molecular weight excluding hydrogens is 268 g/mol. The maximum absolute atomic E-state index is 12.2. The van der Waals surface area contributed by atoms with Gasteiger partial charge in [0.05, 0.1) is 6.04 Å². The van der Waals surface area contributed by atoms with Crippen molar-refractivity contribution in [1.29, 1.82) is 0 Å². The van der Waals surface area contributed by atoms with Gasteiger partial charge in [-0.05, 0) is 49.9 Å². The zero-order valence-electron chi connectivity index (χ0n) is 11.7. The Hall–Kier alpha value is -1.00. The average molecular weight is 290 g/mol. The highest BCUT2D eigenvalue weighted by atomic mass is 32.2. The Morgan fingerprint density at radius 3 is 3.10 bits per heavy atom. The summed E-state index contributed by atoms with van der Waals surface area (Å²) in [6, 6.07) is 8.65. The molecule has 2 N–H and O–H groups in total. The maximum atomic E-state index is 12.2. The van der Waals surface area contributed by atoms with Gasteiger partial charge >= 0.3 is 0 Å². The van der Waals surface area contributed by atoms with E-state index in [0.717, 1.165) is 25.3 Å². The molecule has 2 atom stereocenters. The topological polar surface area (TPSA) is 41.1 Å². The molecule has 0 aromatic heterocycles. The first-order chi connectivity index (χ1) is 9.83. The monoisotopic (exact) mass is 290 g/mol. The first-order valence-electron chi connectivity index (χ1n) is 7.55. The Balaban J connectivity index is 1.59. The fourth-order valence-corrected chi connectivity index (χ4v) is 4.23. The van der Waals surface area contributed by atoms with Gasteiger partial charge < -0.3 is 10.6 Å². The smallest absolute Gasteiger partial charge is 0.220 e. The Morgan fingerprint density at radius 2 is 2.25 bits per heavy atom. The van der Waals surface area contributed by atoms with E-state index in [2.05, 4.69) is 34.9 Å². The van der Waals surface area contributed by atoms with Gasteiger partial charge in [0.15, 0.2) is 0 Å². The summed E-state index contributed by atoms with van der Waals surface area (Å²) in [6.45, 7) is 2.09. The van der Waals surface area contributed by atoms with Crippen molar-refractivity contribution in [3.8, 4) is 0 Å². The molecule has 3 nitrogen and oxygen atoms in total. The van der Waals surface area contributed by atoms with Gasteiger partial charge in [0.2, 0.25) is 5.91 Å². The van der Waals surface area contributed by atoms with E-state index in [1.165, 1.54) is 23.3 Å². The van der Waals surface area contributed by atoms with Crippen LogP contribution >= 0.6 is 11.8 Å². The number of thioether (sulfide) groups is 1. The van der Waals surface area contributed by atoms with Crippen LogP contribution in [0.3, 0.4) is 0 Å². The SMILES string of the molecule is O=C(CC1CCCNC1)NC1CCSc2ccccc21. The number of carbonyl (C=O) groups is 1. The molecule has 0 aliphatic carbocycles. The molecule has 3 rings (SSSR count). The third-order valence-corrected chi connectivity index (χ3v) is 5.29. The molecule has 2 unspecified atom stereocenters. The number of nitrogens with one attached hydrogen (secondary N) is 2. The van der Waals surface area contributed by atoms with E-state index >= 15 is 0 Å². The molecule has 4 heteroatoms. The minimum absolute atomic E-state index is 0.205. The molecule has 0 saturated carbocycles. The predicted octanol–water partition coefficient (Wildman–Crippen LogP) is 2.73. The van der Waals surface area contributed by atoms with E-state index in [1.807, 2.05) is 11.8 Å². The van der Waals surface area contributed by atoms with E-state index in [-0.39, 0.29) is 11.9 Å². The summed E-state index contributed by atoms with van der Waals surface area (Å²) in [4.78, 5) is 13.6. The summed E-state index contributed by atoms with van der Waals surface area (Å²) in [5.41, 5.74) is 1.29. The van der Waals surface area contributed by atoms with Crippen LogP contribution in [0.1, 0.15) is 37.3 Å². The van der Waals surface area contributed by atoms with E-state index in [9.17, 15) is 4.79 Å². The highest BCUT2D eigenvalue weighted by Crippen LogP contribution is 2.35. The van der Waals surface area contributed by atoms with Crippen LogP contribution in [0.5, 0.6) is 0 Å². The van der Waals surface area contributed by atoms with Gasteiger partial charge in [0.1, 0.15) is 0 Å². The maximum Gasteiger partial charge on any atom is 0.220 e. The molecule has 2 aliphatic heterocycles. The third-order valence-electron chi connectivity index (χ3n) is 4.17. The number of hydrogen-bond donors (Lipinski definition) is 2. The van der Waals surface area contributed by atoms with Gasteiger partial charge in [-0.1, -0.05) is 18.2 Å². The lowest BCUT2D eigenvalue weighted by Crippen LogP contribution is -2.36. The molecule has 0 radical (unpaired) electrons. The van der Waals surface area contributed by atoms with Crippen LogP contribution in [0.4, 0.5) is 0 Å². The fraction of sp³-hybridized carbons (Fsp3) is 0.562. The van der Waals surface area contributed by atoms with Crippen molar-refractivity contribution in [2.45, 2.75) is 36.6 Å². The second-order valence-corrected chi connectivity index (χ2v) is 6.85. The Labute approximate surface area is 124 Å². The van der Waals surface area contributed by atoms with Gasteiger partial charge in [-0.25, -0.2) is 0 Å². The van der Waals surface area contributed by atoms with Crippen LogP contribution in [0.2, 0.25) is 0 Å². The molecule has 2 heterocycles. The minimum atomic E-state index is 0.205. The van der Waals surface area contributed by atoms with Crippen LogP contribution in [-0.2, 0) is 4.79 Å². The summed E-state index contributed by atoms with van der Waals surface area (Å²) >= 11 is 1.89. The lowest BCUT2D eigenvalue weighted by atomic mass is 9.95. The average Bonchev–Trinajstić information content (AvgIpc) is 2.48. The molecule has 1 aromatic carbocycles. The number of benzene rings is 1. The van der Waals surface area contributed by atoms with Gasteiger partial charge in [0, 0.05) is 17.1 Å². The minimum Gasteiger partial charge on any atom is -0.349 e. The zero-order valence-corrected chi connectivity index (χ0v) is 12.5. The number of amides is 1. The van der Waals surface area contributed by atoms with E-state index < -0.39 is 0 Å². The molecule has 0 bridgehead atoms. The van der Waals surface area contributed by atoms with E-state index in [1.54, 1.807) is 0 Å². The summed E-state index contributed by atoms with van der Waals surface area (Å²) in [7, 11) is 0. The van der Waals surface area contributed by atoms with Crippen molar-refractivity contribution in [1.82, 2.24) is 10.6 Å². The van der Waals surface area contributed by atoms with Crippen molar-refractivity contribution in [2.75, 3.05) is 18.8 Å². The van der Waals surface area contributed by atoms with Crippen molar-refractivity contribution < 1.29 is 4.79 Å². The molecule has 20 heavy (non-hydrogen) atoms. The first-order valence-corrected chi connectivity index (χ1v) is 8.53. The summed E-state index contributed by atoms with van der Waals surface area (Å²) in [6.07, 6.45) is 4.08. The van der Waals surface area contributed by atoms with Crippen molar-refractivity contribution >= 4 is 17.7 Å². The first kappa shape index (κ1) is 14.0. The van der Waals surface area contributed by atoms with Crippen LogP contribution < -0.4 is 10.6 Å². The molecule has 1 saturated heterocycles. The number of fused-ring (bicyclic) bond motifs is 1. The van der Waals surface area contributed by atoms with Gasteiger partial charge in [0.25, 0.3) is 0 Å². The highest BCUT2D eigenvalue weighted by molar-refractivity contribution is 7.99. The fourth-order valence-electron chi connectivity index (χ4n) is 3.11. The molecule has 0 spiro atoms. The van der Waals surface area contributed by atoms with Gasteiger partial charge in [-0.3, -0.25) is 4.79 Å². The Bertz CT molecular complexity index is 471. The Morgan fingerprint density at radius 1 is 1.35 bits per heavy atom. The largest absolute Gasteiger partial charge is 0.349 e. The lowest BCUT2D eigenvalue weighted by Gasteiger charge is -2.27. The number of hydrogen-bond acceptors (Lipinski definition) is 3. The van der Waals surface area contributed by atoms with Gasteiger partial charge in [-0.2, -0.15) is 0 Å². The van der Waals surface area contributed by atoms with E-state index in [0.29, 0.717) is 12.3 Å². The molecule has 1 amide bonds. The van der Waals surface area contributed by atoms with Crippen LogP contribution in [0.25, 0.3) is 0 Å². The lowest BCUT2D eigenvalue weighted by molar-refractivity contribution is -0.123. The normalized spacial score (nSPS) is 25.8. The van der Waals surface area contributed by atoms with Crippen molar-refractivity contribution in [3.05, 3.63) is 29.8 Å². The predicted molar refractivity (Wildman–Crippen MR) is 82.9 cm³/mol. The number of rotatable bonds is 3. The molecular formula is C16H22N2OS. The highest BCUT2D eigenvalue weighted by Gasteiger charge is 2.23. The quantitative estimate of drug-likeness (QED) is 0.899. The number of piperidine rings is 1. The molecule has 1 aromatic rings. The van der Waals surface area contributed by atoms with Crippen molar-refractivity contribution in [3.63, 3.8) is 0 Å². The zero-order chi connectivity index (χ0) is 13.8. The molecule has 108 valence electrons. The van der Waals surface area contributed by atoms with Crippen LogP contribution in [0.15, 0.2) is 29.2 Å². The molecule has 1 fully saturated rings. The standard InChI is InChI=1S/C16H22N2OS/c19-16(10-12-4-3-8-17-11-12)18-14-7-9-20-15-6-2-1-5-13(14)15/h1-2,5-6,12,14,17H,3-4,7-11H2,(H,18,19). The summed E-state index contributed by atoms with van der Waals surface area (Å²) < 4.78 is 0. The third kappa shape index (κ3) is 3.36. The Kier molecular flexibility index (Phi) is 4.63. The number of carbonyl (C=O) groups excluding carboxylic acids is 1. The second kappa shape index (κ2) is 6.64. The summed E-state index contributed by atoms with van der Waals surface area (Å²) in [5.74, 6) is 1.81. The van der Waals surface area contributed by atoms with Crippen molar-refractivity contribution in [2.24, 2.45) is 5.92 Å².